The van der Waals surface area contributed by atoms with E-state index in [0.717, 1.165) is 12.4 Å². The highest BCUT2D eigenvalue weighted by molar-refractivity contribution is 7.07. The van der Waals surface area contributed by atoms with Gasteiger partial charge in [0.1, 0.15) is 23.5 Å². The molecule has 1 fully saturated rings. The van der Waals surface area contributed by atoms with Crippen LogP contribution in [-0.2, 0) is 6.18 Å². The van der Waals surface area contributed by atoms with Gasteiger partial charge in [0.15, 0.2) is 0 Å². The average Bonchev–Trinajstić information content (AvgIpc) is 3.09. The number of alkyl halides is 3. The molecule has 1 amide bonds. The van der Waals surface area contributed by atoms with E-state index in [-0.39, 0.29) is 17.8 Å². The molecule has 10 heteroatoms. The number of amides is 1. The summed E-state index contributed by atoms with van der Waals surface area (Å²) in [7, 11) is 0. The summed E-state index contributed by atoms with van der Waals surface area (Å²) in [6.45, 7) is 1.02. The van der Waals surface area contributed by atoms with Crippen LogP contribution in [0.1, 0.15) is 29.0 Å². The van der Waals surface area contributed by atoms with Gasteiger partial charge in [0, 0.05) is 30.6 Å². The Labute approximate surface area is 139 Å². The summed E-state index contributed by atoms with van der Waals surface area (Å²) in [6.07, 6.45) is -2.31. The molecule has 3 rings (SSSR count). The Morgan fingerprint density at radius 3 is 2.62 bits per heavy atom. The number of thiazole rings is 1. The zero-order valence-electron chi connectivity index (χ0n) is 12.5. The first-order chi connectivity index (χ1) is 11.4. The fourth-order valence-corrected chi connectivity index (χ4v) is 3.04. The van der Waals surface area contributed by atoms with Gasteiger partial charge in [-0.25, -0.2) is 15.0 Å². The third-order valence-corrected chi connectivity index (χ3v) is 4.35. The molecule has 0 saturated carbocycles. The molecule has 1 saturated heterocycles. The van der Waals surface area contributed by atoms with Gasteiger partial charge >= 0.3 is 6.18 Å². The van der Waals surface area contributed by atoms with Crippen LogP contribution >= 0.6 is 11.3 Å². The van der Waals surface area contributed by atoms with Gasteiger partial charge in [-0.1, -0.05) is 0 Å². The lowest BCUT2D eigenvalue weighted by atomic mass is 10.0. The molecule has 0 radical (unpaired) electrons. The molecule has 6 nitrogen and oxygen atoms in total. The highest BCUT2D eigenvalue weighted by Crippen LogP contribution is 2.29. The summed E-state index contributed by atoms with van der Waals surface area (Å²) in [4.78, 5) is 24.9. The van der Waals surface area contributed by atoms with Crippen LogP contribution in [0.5, 0.6) is 0 Å². The highest BCUT2D eigenvalue weighted by atomic mass is 32.1. The van der Waals surface area contributed by atoms with E-state index in [0.29, 0.717) is 31.6 Å². The zero-order valence-corrected chi connectivity index (χ0v) is 13.3. The SMILES string of the molecule is O=C(NC1CCN(c2cc(C(F)(F)F)ncn2)CC1)c1cscn1. The molecule has 24 heavy (non-hydrogen) atoms. The molecule has 3 heterocycles. The van der Waals surface area contributed by atoms with Crippen molar-refractivity contribution >= 4 is 23.1 Å². The molecule has 0 spiro atoms. The molecular formula is C14H14F3N5OS. The lowest BCUT2D eigenvalue weighted by Gasteiger charge is -2.33. The van der Waals surface area contributed by atoms with E-state index in [4.69, 9.17) is 0 Å². The van der Waals surface area contributed by atoms with Crippen LogP contribution in [0.2, 0.25) is 0 Å². The highest BCUT2D eigenvalue weighted by Gasteiger charge is 2.33. The molecule has 128 valence electrons. The van der Waals surface area contributed by atoms with Gasteiger partial charge in [0.2, 0.25) is 0 Å². The standard InChI is InChI=1S/C14H14F3N5OS/c15-14(16,17)11-5-12(19-7-18-11)22-3-1-9(2-4-22)21-13(23)10-6-24-8-20-10/h5-9H,1-4H2,(H,21,23). The monoisotopic (exact) mass is 357 g/mol. The van der Waals surface area contributed by atoms with Gasteiger partial charge < -0.3 is 10.2 Å². The fourth-order valence-electron chi connectivity index (χ4n) is 2.51. The fraction of sp³-hybridized carbons (Fsp3) is 0.429. The van der Waals surface area contributed by atoms with Crippen molar-refractivity contribution in [1.29, 1.82) is 0 Å². The quantitative estimate of drug-likeness (QED) is 0.913. The Hall–Kier alpha value is -2.23. The molecule has 1 N–H and O–H groups in total. The predicted molar refractivity (Wildman–Crippen MR) is 81.8 cm³/mol. The molecular weight excluding hydrogens is 343 g/mol. The number of nitrogens with zero attached hydrogens (tertiary/aromatic N) is 4. The van der Waals surface area contributed by atoms with Gasteiger partial charge in [0.05, 0.1) is 5.51 Å². The van der Waals surface area contributed by atoms with Crippen molar-refractivity contribution in [3.63, 3.8) is 0 Å². The minimum Gasteiger partial charge on any atom is -0.356 e. The van der Waals surface area contributed by atoms with Gasteiger partial charge in [-0.2, -0.15) is 13.2 Å². The number of carbonyl (C=O) groups is 1. The van der Waals surface area contributed by atoms with E-state index in [1.165, 1.54) is 11.3 Å². The van der Waals surface area contributed by atoms with Crippen molar-refractivity contribution in [2.24, 2.45) is 0 Å². The summed E-state index contributed by atoms with van der Waals surface area (Å²) < 4.78 is 38.1. The van der Waals surface area contributed by atoms with Crippen LogP contribution in [0.25, 0.3) is 0 Å². The lowest BCUT2D eigenvalue weighted by molar-refractivity contribution is -0.141. The first kappa shape index (κ1) is 16.6. The van der Waals surface area contributed by atoms with Gasteiger partial charge in [-0.15, -0.1) is 11.3 Å². The Balaban J connectivity index is 1.58. The number of anilines is 1. The first-order valence-corrected chi connectivity index (χ1v) is 8.21. The van der Waals surface area contributed by atoms with E-state index in [2.05, 4.69) is 20.3 Å². The van der Waals surface area contributed by atoms with Gasteiger partial charge in [0.25, 0.3) is 5.91 Å². The van der Waals surface area contributed by atoms with E-state index >= 15 is 0 Å². The van der Waals surface area contributed by atoms with Crippen LogP contribution in [0.3, 0.4) is 0 Å². The molecule has 0 atom stereocenters. The maximum Gasteiger partial charge on any atom is 0.433 e. The van der Waals surface area contributed by atoms with E-state index in [1.807, 2.05) is 0 Å². The first-order valence-electron chi connectivity index (χ1n) is 7.27. The molecule has 1 aliphatic heterocycles. The van der Waals surface area contributed by atoms with Crippen LogP contribution in [0, 0.1) is 0 Å². The molecule has 2 aromatic heterocycles. The largest absolute Gasteiger partial charge is 0.433 e. The maximum atomic E-state index is 12.7. The van der Waals surface area contributed by atoms with Gasteiger partial charge in [-0.05, 0) is 12.8 Å². The number of hydrogen-bond donors (Lipinski definition) is 1. The average molecular weight is 357 g/mol. The van der Waals surface area contributed by atoms with Crippen molar-refractivity contribution in [2.45, 2.75) is 25.1 Å². The van der Waals surface area contributed by atoms with E-state index in [9.17, 15) is 18.0 Å². The summed E-state index contributed by atoms with van der Waals surface area (Å²) >= 11 is 1.34. The predicted octanol–water partition coefficient (Wildman–Crippen LogP) is 2.35. The summed E-state index contributed by atoms with van der Waals surface area (Å²) in [5.74, 6) is 0.0256. The molecule has 0 aromatic carbocycles. The minimum atomic E-state index is -4.49. The number of rotatable bonds is 3. The van der Waals surface area contributed by atoms with E-state index in [1.54, 1.807) is 15.8 Å². The zero-order chi connectivity index (χ0) is 17.2. The molecule has 1 aliphatic rings. The number of nitrogens with one attached hydrogen (secondary N) is 1. The Morgan fingerprint density at radius 2 is 2.00 bits per heavy atom. The lowest BCUT2D eigenvalue weighted by Crippen LogP contribution is -2.45. The van der Waals surface area contributed by atoms with Crippen molar-refractivity contribution in [1.82, 2.24) is 20.3 Å². The van der Waals surface area contributed by atoms with Crippen molar-refractivity contribution in [3.8, 4) is 0 Å². The molecule has 0 unspecified atom stereocenters. The smallest absolute Gasteiger partial charge is 0.356 e. The second kappa shape index (κ2) is 6.71. The van der Waals surface area contributed by atoms with Crippen molar-refractivity contribution in [2.75, 3.05) is 18.0 Å². The minimum absolute atomic E-state index is 0.0284. The Kier molecular flexibility index (Phi) is 4.65. The number of piperidine rings is 1. The maximum absolute atomic E-state index is 12.7. The topological polar surface area (TPSA) is 71.0 Å². The van der Waals surface area contributed by atoms with Crippen LogP contribution in [-0.4, -0.2) is 40.0 Å². The number of carbonyl (C=O) groups excluding carboxylic acids is 1. The Morgan fingerprint density at radius 1 is 1.25 bits per heavy atom. The van der Waals surface area contributed by atoms with Crippen molar-refractivity contribution < 1.29 is 18.0 Å². The number of halogens is 3. The molecule has 2 aromatic rings. The van der Waals surface area contributed by atoms with Crippen LogP contribution < -0.4 is 10.2 Å². The third kappa shape index (κ3) is 3.81. The summed E-state index contributed by atoms with van der Waals surface area (Å²) in [5.41, 5.74) is 1.02. The molecule has 0 bridgehead atoms. The Bertz CT molecular complexity index is 699. The summed E-state index contributed by atoms with van der Waals surface area (Å²) in [5, 5.41) is 4.57. The number of hydrogen-bond acceptors (Lipinski definition) is 6. The summed E-state index contributed by atoms with van der Waals surface area (Å²) in [6, 6.07) is 0.924. The van der Waals surface area contributed by atoms with Crippen molar-refractivity contribution in [3.05, 3.63) is 34.7 Å². The molecule has 0 aliphatic carbocycles. The van der Waals surface area contributed by atoms with Crippen LogP contribution in [0.15, 0.2) is 23.3 Å². The second-order valence-electron chi connectivity index (χ2n) is 5.37. The normalized spacial score (nSPS) is 16.2. The van der Waals surface area contributed by atoms with Crippen LogP contribution in [0.4, 0.5) is 19.0 Å². The number of aromatic nitrogens is 3. The second-order valence-corrected chi connectivity index (χ2v) is 6.09. The third-order valence-electron chi connectivity index (χ3n) is 3.76. The van der Waals surface area contributed by atoms with E-state index < -0.39 is 11.9 Å². The van der Waals surface area contributed by atoms with Gasteiger partial charge in [-0.3, -0.25) is 4.79 Å².